The van der Waals surface area contributed by atoms with E-state index in [4.69, 9.17) is 14.7 Å². The third-order valence-corrected chi connectivity index (χ3v) is 8.40. The Hall–Kier alpha value is -4.37. The molecule has 1 aromatic heterocycles. The molecule has 2 aliphatic rings. The number of rotatable bonds is 9. The number of fused-ring (bicyclic) bond motifs is 1. The highest BCUT2D eigenvalue weighted by Crippen LogP contribution is 2.34. The van der Waals surface area contributed by atoms with Crippen molar-refractivity contribution in [3.63, 3.8) is 0 Å². The topological polar surface area (TPSA) is 122 Å². The summed E-state index contributed by atoms with van der Waals surface area (Å²) in [6, 6.07) is 18.3. The molecule has 0 saturated carbocycles. The lowest BCUT2D eigenvalue weighted by Gasteiger charge is -2.35. The highest BCUT2D eigenvalue weighted by molar-refractivity contribution is 7.09. The molecule has 1 fully saturated rings. The van der Waals surface area contributed by atoms with Gasteiger partial charge in [-0.3, -0.25) is 20.4 Å². The van der Waals surface area contributed by atoms with Crippen molar-refractivity contribution in [3.8, 4) is 11.5 Å². The van der Waals surface area contributed by atoms with Crippen LogP contribution in [0.15, 0.2) is 72.1 Å². The largest absolute Gasteiger partial charge is 0.454 e. The van der Waals surface area contributed by atoms with Crippen LogP contribution in [0.5, 0.6) is 11.5 Å². The van der Waals surface area contributed by atoms with Gasteiger partial charge in [0.25, 0.3) is 5.91 Å². The number of nitrogens with one attached hydrogen (secondary N) is 1. The molecule has 6 rings (SSSR count). The standard InChI is InChI=1S/C31H30F3N5O4S.H2O/c32-31(33,34)23-3-1-2-21(14-23)16-37(17-22-4-9-27-28(15-22)43-20-42-27)18-29-35-26(19-44-29)30(40)39-12-10-38(11-13-39)25-7-5-24(36-41)6-8-25;/h1-9,14-15,19,36,41H,10-13,16-18,20H2;1H2. The first-order valence-electron chi connectivity index (χ1n) is 14.0. The lowest BCUT2D eigenvalue weighted by Crippen LogP contribution is -2.48. The molecule has 0 spiro atoms. The SMILES string of the molecule is O.O=C(c1csc(CN(Cc2cccc(C(F)(F)F)c2)Cc2ccc3c(c2)OCO3)n1)N1CCN(c2ccc(NO)cc2)CC1. The summed E-state index contributed by atoms with van der Waals surface area (Å²) in [7, 11) is 0. The van der Waals surface area contributed by atoms with Crippen molar-refractivity contribution in [1.82, 2.24) is 14.8 Å². The van der Waals surface area contributed by atoms with Gasteiger partial charge in [-0.1, -0.05) is 24.3 Å². The number of carbonyl (C=O) groups is 1. The van der Waals surface area contributed by atoms with E-state index in [0.29, 0.717) is 72.7 Å². The van der Waals surface area contributed by atoms with Gasteiger partial charge in [0.2, 0.25) is 6.79 Å². The number of halogens is 3. The number of alkyl halides is 3. The van der Waals surface area contributed by atoms with E-state index in [-0.39, 0.29) is 24.7 Å². The van der Waals surface area contributed by atoms with Crippen molar-refractivity contribution >= 4 is 28.6 Å². The minimum atomic E-state index is -4.43. The number of amides is 1. The Balaban J connectivity index is 0.00000400. The van der Waals surface area contributed by atoms with Crippen LogP contribution < -0.4 is 19.9 Å². The van der Waals surface area contributed by atoms with Crippen LogP contribution in [0, 0.1) is 0 Å². The van der Waals surface area contributed by atoms with E-state index >= 15 is 0 Å². The van der Waals surface area contributed by atoms with Crippen molar-refractivity contribution in [2.45, 2.75) is 25.8 Å². The number of anilines is 2. The Morgan fingerprint density at radius 2 is 1.64 bits per heavy atom. The molecular weight excluding hydrogens is 611 g/mol. The van der Waals surface area contributed by atoms with E-state index in [0.717, 1.165) is 17.3 Å². The maximum absolute atomic E-state index is 13.4. The van der Waals surface area contributed by atoms with Gasteiger partial charge in [-0.15, -0.1) is 11.3 Å². The summed E-state index contributed by atoms with van der Waals surface area (Å²) in [6.07, 6.45) is -4.43. The zero-order valence-electron chi connectivity index (χ0n) is 24.1. The fourth-order valence-corrected chi connectivity index (χ4v) is 6.13. The Bertz CT molecular complexity index is 1610. The number of hydrogen-bond acceptors (Lipinski definition) is 9. The molecule has 4 aromatic rings. The van der Waals surface area contributed by atoms with Crippen LogP contribution in [0.3, 0.4) is 0 Å². The third kappa shape index (κ3) is 7.65. The number of carbonyl (C=O) groups excluding carboxylic acids is 1. The number of benzene rings is 3. The predicted octanol–water partition coefficient (Wildman–Crippen LogP) is 5.03. The number of thiazole rings is 1. The number of piperazine rings is 1. The molecule has 0 radical (unpaired) electrons. The van der Waals surface area contributed by atoms with Crippen LogP contribution >= 0.6 is 11.3 Å². The number of ether oxygens (including phenoxy) is 2. The van der Waals surface area contributed by atoms with Crippen LogP contribution in [0.1, 0.15) is 32.2 Å². The lowest BCUT2D eigenvalue weighted by molar-refractivity contribution is -0.137. The van der Waals surface area contributed by atoms with Gasteiger partial charge in [0, 0.05) is 50.3 Å². The first kappa shape index (κ1) is 32.0. The van der Waals surface area contributed by atoms with Gasteiger partial charge in [0.1, 0.15) is 10.7 Å². The third-order valence-electron chi connectivity index (χ3n) is 7.56. The fraction of sp³-hybridized carbons (Fsp3) is 0.290. The second-order valence-corrected chi connectivity index (χ2v) is 11.5. The molecule has 14 heteroatoms. The Labute approximate surface area is 261 Å². The summed E-state index contributed by atoms with van der Waals surface area (Å²) in [4.78, 5) is 23.9. The molecule has 45 heavy (non-hydrogen) atoms. The van der Waals surface area contributed by atoms with Crippen molar-refractivity contribution in [2.75, 3.05) is 43.4 Å². The van der Waals surface area contributed by atoms with Gasteiger partial charge in [0.15, 0.2) is 11.5 Å². The summed E-state index contributed by atoms with van der Waals surface area (Å²) >= 11 is 1.36. The molecule has 3 heterocycles. The van der Waals surface area contributed by atoms with E-state index in [1.165, 1.54) is 23.5 Å². The molecule has 4 N–H and O–H groups in total. The highest BCUT2D eigenvalue weighted by atomic mass is 32.1. The van der Waals surface area contributed by atoms with E-state index in [2.05, 4.69) is 15.4 Å². The second-order valence-electron chi connectivity index (χ2n) is 10.6. The molecule has 1 saturated heterocycles. The second kappa shape index (κ2) is 13.7. The molecular formula is C31H32F3N5O5S. The van der Waals surface area contributed by atoms with E-state index in [1.807, 2.05) is 35.2 Å². The summed E-state index contributed by atoms with van der Waals surface area (Å²) in [5.41, 5.74) is 4.83. The normalized spacial score (nSPS) is 14.4. The maximum atomic E-state index is 13.4. The molecule has 10 nitrogen and oxygen atoms in total. The number of hydrogen-bond donors (Lipinski definition) is 2. The van der Waals surface area contributed by atoms with Crippen molar-refractivity contribution in [3.05, 3.63) is 99.5 Å². The van der Waals surface area contributed by atoms with Crippen LogP contribution in [0.4, 0.5) is 24.5 Å². The summed E-state index contributed by atoms with van der Waals surface area (Å²) in [5, 5.41) is 11.5. The molecule has 0 atom stereocenters. The molecule has 2 aliphatic heterocycles. The van der Waals surface area contributed by atoms with Crippen LogP contribution in [-0.2, 0) is 25.8 Å². The summed E-state index contributed by atoms with van der Waals surface area (Å²) < 4.78 is 51.1. The van der Waals surface area contributed by atoms with Gasteiger partial charge in [0.05, 0.1) is 17.8 Å². The average Bonchev–Trinajstić information content (AvgIpc) is 3.70. The minimum absolute atomic E-state index is 0. The lowest BCUT2D eigenvalue weighted by atomic mass is 10.1. The Kier molecular flexibility index (Phi) is 9.77. The summed E-state index contributed by atoms with van der Waals surface area (Å²) in [6.45, 7) is 3.56. The van der Waals surface area contributed by atoms with Crippen molar-refractivity contribution in [1.29, 1.82) is 0 Å². The molecule has 238 valence electrons. The van der Waals surface area contributed by atoms with Crippen molar-refractivity contribution < 1.29 is 38.1 Å². The van der Waals surface area contributed by atoms with Gasteiger partial charge < -0.3 is 24.7 Å². The van der Waals surface area contributed by atoms with Gasteiger partial charge in [-0.2, -0.15) is 13.2 Å². The van der Waals surface area contributed by atoms with Crippen LogP contribution in [-0.4, -0.2) is 64.3 Å². The molecule has 0 unspecified atom stereocenters. The monoisotopic (exact) mass is 643 g/mol. The molecule has 0 bridgehead atoms. The van der Waals surface area contributed by atoms with E-state index < -0.39 is 11.7 Å². The number of nitrogens with zero attached hydrogens (tertiary/aromatic N) is 4. The first-order valence-corrected chi connectivity index (χ1v) is 14.9. The molecule has 1 amide bonds. The van der Waals surface area contributed by atoms with E-state index in [9.17, 15) is 18.0 Å². The smallest absolute Gasteiger partial charge is 0.416 e. The van der Waals surface area contributed by atoms with Gasteiger partial charge in [-0.25, -0.2) is 4.98 Å². The Morgan fingerprint density at radius 3 is 2.36 bits per heavy atom. The quantitative estimate of drug-likeness (QED) is 0.244. The zero-order chi connectivity index (χ0) is 30.7. The van der Waals surface area contributed by atoms with E-state index in [1.54, 1.807) is 28.5 Å². The van der Waals surface area contributed by atoms with Gasteiger partial charge >= 0.3 is 6.18 Å². The van der Waals surface area contributed by atoms with Crippen molar-refractivity contribution in [2.24, 2.45) is 0 Å². The van der Waals surface area contributed by atoms with Gasteiger partial charge in [-0.05, 0) is 53.6 Å². The first-order chi connectivity index (χ1) is 21.2. The van der Waals surface area contributed by atoms with Crippen LogP contribution in [0.25, 0.3) is 0 Å². The fourth-order valence-electron chi connectivity index (χ4n) is 5.32. The summed E-state index contributed by atoms with van der Waals surface area (Å²) in [5.74, 6) is 1.13. The average molecular weight is 644 g/mol. The zero-order valence-corrected chi connectivity index (χ0v) is 24.9. The molecule has 3 aromatic carbocycles. The maximum Gasteiger partial charge on any atom is 0.416 e. The Morgan fingerprint density at radius 1 is 0.933 bits per heavy atom. The number of aromatic nitrogens is 1. The molecule has 0 aliphatic carbocycles. The van der Waals surface area contributed by atoms with Crippen LogP contribution in [0.2, 0.25) is 0 Å². The predicted molar refractivity (Wildman–Crippen MR) is 163 cm³/mol. The minimum Gasteiger partial charge on any atom is -0.454 e. The highest BCUT2D eigenvalue weighted by Gasteiger charge is 2.30.